The van der Waals surface area contributed by atoms with E-state index < -0.39 is 11.9 Å². The third-order valence-corrected chi connectivity index (χ3v) is 5.68. The number of hydrogen-bond donors (Lipinski definition) is 0. The fourth-order valence-electron chi connectivity index (χ4n) is 3.81. The summed E-state index contributed by atoms with van der Waals surface area (Å²) in [6.07, 6.45) is 0.488. The molecular weight excluding hydrogens is 405 g/mol. The van der Waals surface area contributed by atoms with Crippen molar-refractivity contribution in [3.63, 3.8) is 0 Å². The number of carbonyl (C=O) groups excluding carboxylic acids is 2. The van der Waals surface area contributed by atoms with Gasteiger partial charge in [0.25, 0.3) is 0 Å². The molecule has 0 heterocycles. The lowest BCUT2D eigenvalue weighted by Crippen LogP contribution is -2.21. The zero-order valence-electron chi connectivity index (χ0n) is 18.7. The van der Waals surface area contributed by atoms with E-state index in [9.17, 15) is 14.0 Å². The molecule has 0 bridgehead atoms. The minimum atomic E-state index is -0.473. The van der Waals surface area contributed by atoms with E-state index in [0.29, 0.717) is 17.5 Å². The summed E-state index contributed by atoms with van der Waals surface area (Å²) in [5.41, 5.74) is 3.79. The first kappa shape index (κ1) is 23.2. The van der Waals surface area contributed by atoms with E-state index >= 15 is 0 Å². The third kappa shape index (κ3) is 5.41. The molecule has 3 aromatic carbocycles. The molecule has 0 spiro atoms. The topological polar surface area (TPSA) is 46.6 Å². The second kappa shape index (κ2) is 10.7. The van der Waals surface area contributed by atoms with Crippen molar-refractivity contribution in [2.45, 2.75) is 26.2 Å². The predicted molar refractivity (Wildman–Crippen MR) is 125 cm³/mol. The standard InChI is InChI=1S/C27H28FNO3/c1-4-29(5-2)24-16-6-19(7-17-24)18-25(20-12-14-23(28)15-13-20)26(30)21-8-10-22(11-9-21)27(31)32-3/h6-17,25H,4-5,18H2,1-3H3. The normalized spacial score (nSPS) is 11.6. The number of hydrogen-bond acceptors (Lipinski definition) is 4. The van der Waals surface area contributed by atoms with Crippen molar-refractivity contribution in [3.8, 4) is 0 Å². The summed E-state index contributed by atoms with van der Waals surface area (Å²) in [5, 5.41) is 0. The Bertz CT molecular complexity index is 1040. The van der Waals surface area contributed by atoms with Crippen molar-refractivity contribution in [2.24, 2.45) is 0 Å². The maximum absolute atomic E-state index is 13.5. The number of esters is 1. The Labute approximate surface area is 188 Å². The number of halogens is 1. The number of nitrogens with zero attached hydrogens (tertiary/aromatic N) is 1. The van der Waals surface area contributed by atoms with E-state index in [1.54, 1.807) is 36.4 Å². The maximum atomic E-state index is 13.5. The smallest absolute Gasteiger partial charge is 0.337 e. The number of Topliss-reactive ketones (excluding diaryl/α,β-unsaturated/α-hetero) is 1. The summed E-state index contributed by atoms with van der Waals surface area (Å²) in [5.74, 6) is -1.35. The number of benzene rings is 3. The lowest BCUT2D eigenvalue weighted by atomic mass is 9.85. The fourth-order valence-corrected chi connectivity index (χ4v) is 3.81. The minimum Gasteiger partial charge on any atom is -0.465 e. The Morgan fingerprint density at radius 1 is 0.844 bits per heavy atom. The van der Waals surface area contributed by atoms with Gasteiger partial charge in [0, 0.05) is 24.3 Å². The Morgan fingerprint density at radius 2 is 1.41 bits per heavy atom. The van der Waals surface area contributed by atoms with Crippen LogP contribution in [0.15, 0.2) is 72.8 Å². The highest BCUT2D eigenvalue weighted by Gasteiger charge is 2.23. The molecule has 0 aliphatic carbocycles. The second-order valence-electron chi connectivity index (χ2n) is 7.58. The van der Waals surface area contributed by atoms with Gasteiger partial charge in [-0.05, 0) is 67.8 Å². The molecule has 0 radical (unpaired) electrons. The molecule has 0 saturated heterocycles. The molecule has 0 fully saturated rings. The molecule has 32 heavy (non-hydrogen) atoms. The van der Waals surface area contributed by atoms with E-state index in [1.165, 1.54) is 19.2 Å². The molecule has 166 valence electrons. The minimum absolute atomic E-state index is 0.0826. The first-order valence-electron chi connectivity index (χ1n) is 10.8. The van der Waals surface area contributed by atoms with Gasteiger partial charge in [-0.3, -0.25) is 4.79 Å². The van der Waals surface area contributed by atoms with Gasteiger partial charge in [0.1, 0.15) is 5.82 Å². The summed E-state index contributed by atoms with van der Waals surface area (Å²) in [4.78, 5) is 27.4. The lowest BCUT2D eigenvalue weighted by Gasteiger charge is -2.22. The van der Waals surface area contributed by atoms with Crippen LogP contribution in [0.25, 0.3) is 0 Å². The molecule has 0 aliphatic heterocycles. The second-order valence-corrected chi connectivity index (χ2v) is 7.58. The van der Waals surface area contributed by atoms with Gasteiger partial charge in [-0.2, -0.15) is 0 Å². The maximum Gasteiger partial charge on any atom is 0.337 e. The van der Waals surface area contributed by atoms with Gasteiger partial charge in [-0.15, -0.1) is 0 Å². The molecule has 3 rings (SSSR count). The van der Waals surface area contributed by atoms with Crippen LogP contribution in [-0.4, -0.2) is 32.0 Å². The highest BCUT2D eigenvalue weighted by atomic mass is 19.1. The van der Waals surface area contributed by atoms with Crippen molar-refractivity contribution in [2.75, 3.05) is 25.1 Å². The summed E-state index contributed by atoms with van der Waals surface area (Å²) >= 11 is 0. The van der Waals surface area contributed by atoms with Crippen molar-refractivity contribution in [1.82, 2.24) is 0 Å². The third-order valence-electron chi connectivity index (χ3n) is 5.68. The largest absolute Gasteiger partial charge is 0.465 e. The van der Waals surface area contributed by atoms with Crippen LogP contribution >= 0.6 is 0 Å². The van der Waals surface area contributed by atoms with Gasteiger partial charge in [-0.25, -0.2) is 9.18 Å². The van der Waals surface area contributed by atoms with Gasteiger partial charge in [0.15, 0.2) is 5.78 Å². The lowest BCUT2D eigenvalue weighted by molar-refractivity contribution is 0.0600. The molecule has 0 saturated carbocycles. The number of carbonyl (C=O) groups is 2. The van der Waals surface area contributed by atoms with E-state index in [1.807, 2.05) is 12.1 Å². The molecule has 0 aliphatic rings. The summed E-state index contributed by atoms with van der Waals surface area (Å²) < 4.78 is 18.2. The number of rotatable bonds is 9. The average molecular weight is 434 g/mol. The van der Waals surface area contributed by atoms with E-state index in [2.05, 4.69) is 30.9 Å². The van der Waals surface area contributed by atoms with Crippen LogP contribution in [-0.2, 0) is 11.2 Å². The summed E-state index contributed by atoms with van der Waals surface area (Å²) in [6.45, 7) is 6.08. The van der Waals surface area contributed by atoms with Gasteiger partial charge >= 0.3 is 5.97 Å². The summed E-state index contributed by atoms with van der Waals surface area (Å²) in [6, 6.07) is 20.7. The molecule has 3 aromatic rings. The zero-order chi connectivity index (χ0) is 23.1. The molecule has 4 nitrogen and oxygen atoms in total. The molecule has 1 atom stereocenters. The Balaban J connectivity index is 1.89. The summed E-state index contributed by atoms with van der Waals surface area (Å²) in [7, 11) is 1.32. The Kier molecular flexibility index (Phi) is 7.77. The molecule has 0 amide bonds. The van der Waals surface area contributed by atoms with E-state index in [4.69, 9.17) is 4.74 Å². The van der Waals surface area contributed by atoms with Crippen LogP contribution in [0, 0.1) is 5.82 Å². The van der Waals surface area contributed by atoms with Crippen molar-refractivity contribution in [1.29, 1.82) is 0 Å². The van der Waals surface area contributed by atoms with Gasteiger partial charge in [0.05, 0.1) is 18.6 Å². The number of anilines is 1. The van der Waals surface area contributed by atoms with Crippen LogP contribution in [0.4, 0.5) is 10.1 Å². The average Bonchev–Trinajstić information content (AvgIpc) is 2.84. The number of ether oxygens (including phenoxy) is 1. The van der Waals surface area contributed by atoms with Crippen molar-refractivity contribution in [3.05, 3.63) is 101 Å². The van der Waals surface area contributed by atoms with E-state index in [-0.39, 0.29) is 11.6 Å². The van der Waals surface area contributed by atoms with Gasteiger partial charge < -0.3 is 9.64 Å². The van der Waals surface area contributed by atoms with E-state index in [0.717, 1.165) is 29.9 Å². The predicted octanol–water partition coefficient (Wildman–Crippen LogP) is 5.67. The zero-order valence-corrected chi connectivity index (χ0v) is 18.7. The molecule has 5 heteroatoms. The highest BCUT2D eigenvalue weighted by Crippen LogP contribution is 2.27. The fraction of sp³-hybridized carbons (Fsp3) is 0.259. The first-order chi connectivity index (χ1) is 15.5. The Morgan fingerprint density at radius 3 is 1.94 bits per heavy atom. The molecular formula is C27H28FNO3. The van der Waals surface area contributed by atoms with Gasteiger partial charge in [-0.1, -0.05) is 36.4 Å². The van der Waals surface area contributed by atoms with Crippen LogP contribution in [0.2, 0.25) is 0 Å². The Hall–Kier alpha value is -3.47. The van der Waals surface area contributed by atoms with Crippen LogP contribution in [0.5, 0.6) is 0 Å². The molecule has 0 N–H and O–H groups in total. The van der Waals surface area contributed by atoms with Gasteiger partial charge in [0.2, 0.25) is 0 Å². The molecule has 1 unspecified atom stereocenters. The number of methoxy groups -OCH3 is 1. The monoisotopic (exact) mass is 433 g/mol. The quantitative estimate of drug-likeness (QED) is 0.322. The SMILES string of the molecule is CCN(CC)c1ccc(CC(C(=O)c2ccc(C(=O)OC)cc2)c2ccc(F)cc2)cc1. The van der Waals surface area contributed by atoms with Crippen molar-refractivity contribution < 1.29 is 18.7 Å². The first-order valence-corrected chi connectivity index (χ1v) is 10.8. The van der Waals surface area contributed by atoms with Crippen LogP contribution in [0.1, 0.15) is 51.6 Å². The van der Waals surface area contributed by atoms with Crippen LogP contribution in [0.3, 0.4) is 0 Å². The molecule has 0 aromatic heterocycles. The number of ketones is 1. The van der Waals surface area contributed by atoms with Crippen molar-refractivity contribution >= 4 is 17.4 Å². The highest BCUT2D eigenvalue weighted by molar-refractivity contribution is 6.02. The van der Waals surface area contributed by atoms with Crippen LogP contribution < -0.4 is 4.90 Å².